The summed E-state index contributed by atoms with van der Waals surface area (Å²) in [6.45, 7) is 14.1. The average molecular weight is 447 g/mol. The average Bonchev–Trinajstić information content (AvgIpc) is 2.40. The molecule has 0 aromatic carbocycles. The SMILES string of the molecule is CC(O)=CC(=O)CC(C)C.CC(O)=CC(=O)CC(C)C.CO.[CH-]=O.[Ru+]. The molecule has 0 fully saturated rings. The molecular formula is C18H33O6Ru. The zero-order valence-electron chi connectivity index (χ0n) is 16.2. The fourth-order valence-corrected chi connectivity index (χ4v) is 1.39. The number of carbonyl (C=O) groups is 2. The maximum absolute atomic E-state index is 10.8. The summed E-state index contributed by atoms with van der Waals surface area (Å²) in [7, 11) is 1.00. The summed E-state index contributed by atoms with van der Waals surface area (Å²) in [6, 6.07) is 0. The maximum atomic E-state index is 10.8. The minimum absolute atomic E-state index is 0. The van der Waals surface area contributed by atoms with Crippen LogP contribution in [0.2, 0.25) is 0 Å². The van der Waals surface area contributed by atoms with Crippen LogP contribution in [0.15, 0.2) is 23.7 Å². The Hall–Kier alpha value is -1.33. The van der Waals surface area contributed by atoms with E-state index in [9.17, 15) is 9.59 Å². The van der Waals surface area contributed by atoms with Crippen LogP contribution in [0.4, 0.5) is 0 Å². The first-order valence-corrected chi connectivity index (χ1v) is 7.53. The van der Waals surface area contributed by atoms with E-state index < -0.39 is 0 Å². The van der Waals surface area contributed by atoms with Gasteiger partial charge in [0.25, 0.3) is 0 Å². The molecule has 0 spiro atoms. The first-order valence-electron chi connectivity index (χ1n) is 7.53. The Morgan fingerprint density at radius 3 is 1.12 bits per heavy atom. The van der Waals surface area contributed by atoms with Gasteiger partial charge in [0.15, 0.2) is 11.6 Å². The molecule has 25 heavy (non-hydrogen) atoms. The van der Waals surface area contributed by atoms with E-state index >= 15 is 0 Å². The molecule has 0 aliphatic heterocycles. The number of ketones is 2. The van der Waals surface area contributed by atoms with Crippen molar-refractivity contribution in [3.8, 4) is 0 Å². The van der Waals surface area contributed by atoms with Gasteiger partial charge in [-0.3, -0.25) is 16.4 Å². The number of hydrogen-bond donors (Lipinski definition) is 3. The molecule has 0 unspecified atom stereocenters. The molecule has 0 saturated carbocycles. The summed E-state index contributed by atoms with van der Waals surface area (Å²) in [6.07, 6.45) is 3.55. The maximum Gasteiger partial charge on any atom is 1.00 e. The Balaban J connectivity index is -0.0000000858. The predicted molar refractivity (Wildman–Crippen MR) is 96.6 cm³/mol. The first kappa shape index (κ1) is 34.9. The van der Waals surface area contributed by atoms with Gasteiger partial charge in [-0.1, -0.05) is 27.7 Å². The summed E-state index contributed by atoms with van der Waals surface area (Å²) < 4.78 is 0. The molecule has 0 bridgehead atoms. The Morgan fingerprint density at radius 1 is 0.800 bits per heavy atom. The van der Waals surface area contributed by atoms with Crippen LogP contribution < -0.4 is 0 Å². The number of allylic oxidation sites excluding steroid dienone is 4. The van der Waals surface area contributed by atoms with Gasteiger partial charge in [-0.15, -0.1) is 0 Å². The topological polar surface area (TPSA) is 112 Å². The molecule has 149 valence electrons. The molecule has 0 heterocycles. The first-order chi connectivity index (χ1) is 11.0. The van der Waals surface area contributed by atoms with Gasteiger partial charge >= 0.3 is 19.5 Å². The minimum Gasteiger partial charge on any atom is -0.545 e. The fourth-order valence-electron chi connectivity index (χ4n) is 1.39. The van der Waals surface area contributed by atoms with Crippen molar-refractivity contribution < 1.29 is 49.2 Å². The van der Waals surface area contributed by atoms with Crippen molar-refractivity contribution in [1.82, 2.24) is 0 Å². The summed E-state index contributed by atoms with van der Waals surface area (Å²) >= 11 is 0. The smallest absolute Gasteiger partial charge is 0.545 e. The van der Waals surface area contributed by atoms with Crippen molar-refractivity contribution in [3.63, 3.8) is 0 Å². The molecule has 0 aromatic heterocycles. The second kappa shape index (κ2) is 24.9. The molecule has 0 amide bonds. The van der Waals surface area contributed by atoms with Gasteiger partial charge in [0, 0.05) is 32.1 Å². The van der Waals surface area contributed by atoms with Gasteiger partial charge < -0.3 is 20.1 Å². The third kappa shape index (κ3) is 45.0. The van der Waals surface area contributed by atoms with Crippen LogP contribution in [0.5, 0.6) is 0 Å². The van der Waals surface area contributed by atoms with Crippen LogP contribution >= 0.6 is 0 Å². The van der Waals surface area contributed by atoms with E-state index in [0.717, 1.165) is 7.11 Å². The van der Waals surface area contributed by atoms with E-state index in [-0.39, 0.29) is 42.6 Å². The summed E-state index contributed by atoms with van der Waals surface area (Å²) in [5.74, 6) is 0.896. The van der Waals surface area contributed by atoms with Crippen LogP contribution in [0.1, 0.15) is 54.4 Å². The standard InChI is InChI=1S/2C8H14O2.CH4O.CHO.Ru/c2*1-6(2)4-8(10)5-7(3)9;2*1-2;/h2*5-6,9H,4H2,1-3H3;2H,1H3;1H;/q;;;-1;+1. The second-order valence-electron chi connectivity index (χ2n) is 5.70. The van der Waals surface area contributed by atoms with Crippen molar-refractivity contribution in [3.05, 3.63) is 23.7 Å². The van der Waals surface area contributed by atoms with E-state index in [2.05, 4.69) is 6.79 Å². The number of hydrogen-bond acceptors (Lipinski definition) is 6. The Labute approximate surface area is 164 Å². The molecule has 3 N–H and O–H groups in total. The van der Waals surface area contributed by atoms with E-state index in [4.69, 9.17) is 20.1 Å². The van der Waals surface area contributed by atoms with Crippen LogP contribution in [-0.4, -0.2) is 40.8 Å². The molecule has 0 aliphatic rings. The molecule has 1 radical (unpaired) electrons. The third-order valence-electron chi connectivity index (χ3n) is 1.96. The van der Waals surface area contributed by atoms with E-state index in [1.807, 2.05) is 27.7 Å². The largest absolute Gasteiger partial charge is 1.00 e. The third-order valence-corrected chi connectivity index (χ3v) is 1.96. The second-order valence-corrected chi connectivity index (χ2v) is 5.70. The summed E-state index contributed by atoms with van der Waals surface area (Å²) in [4.78, 5) is 29.4. The Bertz CT molecular complexity index is 343. The van der Waals surface area contributed by atoms with Crippen LogP contribution in [0.3, 0.4) is 0 Å². The molecule has 0 aromatic rings. The minimum atomic E-state index is -0.00463. The van der Waals surface area contributed by atoms with Crippen LogP contribution in [-0.2, 0) is 33.9 Å². The van der Waals surface area contributed by atoms with E-state index in [0.29, 0.717) is 24.7 Å². The fraction of sp³-hybridized carbons (Fsp3) is 0.611. The van der Waals surface area contributed by atoms with E-state index in [1.54, 1.807) is 0 Å². The zero-order chi connectivity index (χ0) is 20.3. The van der Waals surface area contributed by atoms with E-state index in [1.165, 1.54) is 26.0 Å². The van der Waals surface area contributed by atoms with Gasteiger partial charge in [-0.25, -0.2) is 0 Å². The Kier molecular flexibility index (Phi) is 34.8. The quantitative estimate of drug-likeness (QED) is 0.189. The monoisotopic (exact) mass is 447 g/mol. The van der Waals surface area contributed by atoms with Crippen LogP contribution in [0.25, 0.3) is 0 Å². The summed E-state index contributed by atoms with van der Waals surface area (Å²) in [5.41, 5.74) is 0. The predicted octanol–water partition coefficient (Wildman–Crippen LogP) is 3.46. The van der Waals surface area contributed by atoms with Gasteiger partial charge in [0.2, 0.25) is 0 Å². The summed E-state index contributed by atoms with van der Waals surface area (Å²) in [5, 5.41) is 24.4. The number of aliphatic hydroxyl groups is 3. The number of rotatable bonds is 6. The normalized spacial score (nSPS) is 10.2. The van der Waals surface area contributed by atoms with Gasteiger partial charge in [0.05, 0.1) is 11.5 Å². The molecule has 0 saturated heterocycles. The molecule has 6 nitrogen and oxygen atoms in total. The van der Waals surface area contributed by atoms with Gasteiger partial charge in [-0.05, 0) is 25.7 Å². The molecule has 0 rings (SSSR count). The number of carbonyl (C=O) groups excluding carboxylic acids is 3. The Morgan fingerprint density at radius 2 is 1.00 bits per heavy atom. The molecule has 0 aliphatic carbocycles. The van der Waals surface area contributed by atoms with Crippen molar-refractivity contribution in [2.24, 2.45) is 11.8 Å². The van der Waals surface area contributed by atoms with Crippen molar-refractivity contribution in [2.45, 2.75) is 54.4 Å². The zero-order valence-corrected chi connectivity index (χ0v) is 18.0. The van der Waals surface area contributed by atoms with Gasteiger partial charge in [0.1, 0.15) is 0 Å². The van der Waals surface area contributed by atoms with Gasteiger partial charge in [-0.2, -0.15) is 0 Å². The van der Waals surface area contributed by atoms with Crippen LogP contribution in [0, 0.1) is 11.8 Å². The van der Waals surface area contributed by atoms with Crippen molar-refractivity contribution in [2.75, 3.05) is 7.11 Å². The van der Waals surface area contributed by atoms with Crippen molar-refractivity contribution in [1.29, 1.82) is 0 Å². The molecule has 0 atom stereocenters. The molecule has 7 heteroatoms. The molecular weight excluding hydrogens is 413 g/mol. The number of aliphatic hydroxyl groups excluding tert-OH is 3. The van der Waals surface area contributed by atoms with Crippen molar-refractivity contribution >= 4 is 18.4 Å².